The van der Waals surface area contributed by atoms with E-state index in [2.05, 4.69) is 66.2 Å². The lowest BCUT2D eigenvalue weighted by atomic mass is 10.1. The van der Waals surface area contributed by atoms with Gasteiger partial charge in [-0.25, -0.2) is 19.2 Å². The first-order chi connectivity index (χ1) is 18.4. The van der Waals surface area contributed by atoms with E-state index in [1.807, 2.05) is 17.8 Å². The zero-order valence-electron chi connectivity index (χ0n) is 21.4. The molecule has 1 aliphatic heterocycles. The van der Waals surface area contributed by atoms with Crippen LogP contribution >= 0.6 is 23.4 Å². The minimum atomic E-state index is -1.26. The highest BCUT2D eigenvalue weighted by Crippen LogP contribution is 2.36. The van der Waals surface area contributed by atoms with Gasteiger partial charge in [-0.1, -0.05) is 41.6 Å². The monoisotopic (exact) mass is 578 g/mol. The maximum Gasteiger partial charge on any atom is 0.328 e. The first-order valence-electron chi connectivity index (χ1n) is 11.6. The molecule has 2 aromatic carbocycles. The molecule has 2 aromatic rings. The maximum atomic E-state index is 9.55. The van der Waals surface area contributed by atoms with Crippen molar-refractivity contribution in [3.8, 4) is 0 Å². The molecule has 1 saturated heterocycles. The van der Waals surface area contributed by atoms with Gasteiger partial charge in [0.25, 0.3) is 0 Å². The summed E-state index contributed by atoms with van der Waals surface area (Å²) < 4.78 is 0. The Morgan fingerprint density at radius 2 is 1.26 bits per heavy atom. The molecular weight excluding hydrogens is 548 g/mol. The highest BCUT2D eigenvalue weighted by atomic mass is 35.5. The maximum absolute atomic E-state index is 9.55. The van der Waals surface area contributed by atoms with E-state index in [9.17, 15) is 19.2 Å². The zero-order valence-corrected chi connectivity index (χ0v) is 23.0. The van der Waals surface area contributed by atoms with Crippen LogP contribution in [-0.4, -0.2) is 87.3 Å². The lowest BCUT2D eigenvalue weighted by Crippen LogP contribution is -2.45. The fourth-order valence-electron chi connectivity index (χ4n) is 3.25. The Balaban J connectivity index is 0.000000393. The average Bonchev–Trinajstić information content (AvgIpc) is 2.89. The number of nitrogens with zero attached hydrogens (tertiary/aromatic N) is 2. The van der Waals surface area contributed by atoms with E-state index in [1.165, 1.54) is 15.4 Å². The van der Waals surface area contributed by atoms with Gasteiger partial charge in [0.15, 0.2) is 0 Å². The molecule has 12 heteroatoms. The number of halogens is 1. The quantitative estimate of drug-likeness (QED) is 0.332. The van der Waals surface area contributed by atoms with Crippen LogP contribution in [-0.2, 0) is 19.2 Å². The van der Waals surface area contributed by atoms with Crippen LogP contribution in [0, 0.1) is 0 Å². The van der Waals surface area contributed by atoms with E-state index in [1.54, 1.807) is 0 Å². The molecule has 1 heterocycles. The Kier molecular flexibility index (Phi) is 15.2. The van der Waals surface area contributed by atoms with Crippen molar-refractivity contribution >= 4 is 47.2 Å². The minimum Gasteiger partial charge on any atom is -0.478 e. The lowest BCUT2D eigenvalue weighted by Gasteiger charge is -2.37. The summed E-state index contributed by atoms with van der Waals surface area (Å²) in [6.07, 6.45) is 2.23. The number of benzene rings is 2. The van der Waals surface area contributed by atoms with Gasteiger partial charge in [0.2, 0.25) is 0 Å². The average molecular weight is 579 g/mol. The molecule has 3 rings (SSSR count). The van der Waals surface area contributed by atoms with Crippen LogP contribution in [0.1, 0.15) is 18.5 Å². The first kappa shape index (κ1) is 33.4. The standard InChI is InChI=1S/C19H23ClN2S.2C4H4O4/c1-15(22-12-10-21(2)11-13-22)18-14-16(20)8-9-19(18)23-17-6-4-3-5-7-17;2*5-3(6)1-2-4(7)8/h3-9,14-15H,10-13H2,1-2H3;2*1-2H,(H,5,6)(H,7,8)/b;2*2-1+. The summed E-state index contributed by atoms with van der Waals surface area (Å²) >= 11 is 8.11. The molecule has 0 aliphatic carbocycles. The van der Waals surface area contributed by atoms with E-state index < -0.39 is 23.9 Å². The molecule has 10 nitrogen and oxygen atoms in total. The van der Waals surface area contributed by atoms with Gasteiger partial charge in [-0.2, -0.15) is 0 Å². The molecule has 1 atom stereocenters. The normalized spacial score (nSPS) is 14.5. The molecule has 0 saturated carbocycles. The van der Waals surface area contributed by atoms with Crippen molar-refractivity contribution in [2.45, 2.75) is 22.8 Å². The van der Waals surface area contributed by atoms with E-state index in [4.69, 9.17) is 32.0 Å². The predicted octanol–water partition coefficient (Wildman–Crippen LogP) is 4.22. The van der Waals surface area contributed by atoms with Gasteiger partial charge in [0.05, 0.1) is 0 Å². The number of rotatable bonds is 8. The third-order valence-corrected chi connectivity index (χ3v) is 6.55. The summed E-state index contributed by atoms with van der Waals surface area (Å²) in [5, 5.41) is 32.1. The Labute approximate surface area is 235 Å². The largest absolute Gasteiger partial charge is 0.478 e. The van der Waals surface area contributed by atoms with Gasteiger partial charge in [-0.05, 0) is 49.9 Å². The van der Waals surface area contributed by atoms with E-state index in [0.29, 0.717) is 30.3 Å². The fraction of sp³-hybridized carbons (Fsp3) is 0.259. The summed E-state index contributed by atoms with van der Waals surface area (Å²) in [5.74, 6) is -5.03. The van der Waals surface area contributed by atoms with Crippen molar-refractivity contribution in [1.29, 1.82) is 0 Å². The molecule has 1 aliphatic rings. The number of likely N-dealkylation sites (N-methyl/N-ethyl adjacent to an activating group) is 1. The van der Waals surface area contributed by atoms with Crippen LogP contribution < -0.4 is 0 Å². The summed E-state index contributed by atoms with van der Waals surface area (Å²) in [5.41, 5.74) is 1.33. The molecule has 0 bridgehead atoms. The van der Waals surface area contributed by atoms with Crippen molar-refractivity contribution in [2.75, 3.05) is 33.2 Å². The van der Waals surface area contributed by atoms with Gasteiger partial charge >= 0.3 is 23.9 Å². The van der Waals surface area contributed by atoms with E-state index in [-0.39, 0.29) is 0 Å². The van der Waals surface area contributed by atoms with Crippen LogP contribution in [0.5, 0.6) is 0 Å². The second-order valence-corrected chi connectivity index (χ2v) is 9.68. The number of hydrogen-bond acceptors (Lipinski definition) is 7. The van der Waals surface area contributed by atoms with Crippen molar-refractivity contribution in [2.24, 2.45) is 0 Å². The summed E-state index contributed by atoms with van der Waals surface area (Å²) in [6.45, 7) is 6.78. The zero-order chi connectivity index (χ0) is 29.4. The third-order valence-electron chi connectivity index (χ3n) is 5.22. The Morgan fingerprint density at radius 3 is 1.69 bits per heavy atom. The van der Waals surface area contributed by atoms with Gasteiger partial charge < -0.3 is 25.3 Å². The van der Waals surface area contributed by atoms with Crippen molar-refractivity contribution in [3.63, 3.8) is 0 Å². The van der Waals surface area contributed by atoms with Crippen LogP contribution in [0.3, 0.4) is 0 Å². The molecule has 1 fully saturated rings. The summed E-state index contributed by atoms with van der Waals surface area (Å²) in [6, 6.07) is 17.2. The van der Waals surface area contributed by atoms with Crippen molar-refractivity contribution in [3.05, 3.63) is 83.4 Å². The molecule has 210 valence electrons. The lowest BCUT2D eigenvalue weighted by molar-refractivity contribution is -0.134. The SMILES string of the molecule is CC(c1cc(Cl)ccc1Sc1ccccc1)N1CCN(C)CC1.O=C(O)/C=C/C(=O)O.O=C(O)/C=C/C(=O)O. The van der Waals surface area contributed by atoms with Gasteiger partial charge in [0.1, 0.15) is 0 Å². The molecule has 1 unspecified atom stereocenters. The number of carboxylic acid groups (broad SMARTS) is 4. The van der Waals surface area contributed by atoms with Crippen LogP contribution in [0.15, 0.2) is 82.6 Å². The van der Waals surface area contributed by atoms with E-state index >= 15 is 0 Å². The summed E-state index contributed by atoms with van der Waals surface area (Å²) in [7, 11) is 2.19. The predicted molar refractivity (Wildman–Crippen MR) is 148 cm³/mol. The topological polar surface area (TPSA) is 156 Å². The Hall–Kier alpha value is -3.64. The fourth-order valence-corrected chi connectivity index (χ4v) is 4.46. The molecular formula is C27H31ClN2O8S. The van der Waals surface area contributed by atoms with Gasteiger partial charge in [0, 0.05) is 71.3 Å². The minimum absolute atomic E-state index is 0.383. The van der Waals surface area contributed by atoms with Crippen LogP contribution in [0.2, 0.25) is 5.02 Å². The van der Waals surface area contributed by atoms with E-state index in [0.717, 1.165) is 31.2 Å². The van der Waals surface area contributed by atoms with Gasteiger partial charge in [-0.3, -0.25) is 4.90 Å². The van der Waals surface area contributed by atoms with Crippen molar-refractivity contribution < 1.29 is 39.6 Å². The highest BCUT2D eigenvalue weighted by molar-refractivity contribution is 7.99. The number of piperazine rings is 1. The van der Waals surface area contributed by atoms with Gasteiger partial charge in [-0.15, -0.1) is 0 Å². The van der Waals surface area contributed by atoms with Crippen LogP contribution in [0.25, 0.3) is 0 Å². The number of carboxylic acids is 4. The highest BCUT2D eigenvalue weighted by Gasteiger charge is 2.22. The molecule has 4 N–H and O–H groups in total. The molecule has 39 heavy (non-hydrogen) atoms. The summed E-state index contributed by atoms with van der Waals surface area (Å²) in [4.78, 5) is 45.7. The second-order valence-electron chi connectivity index (χ2n) is 8.13. The first-order valence-corrected chi connectivity index (χ1v) is 12.8. The van der Waals surface area contributed by atoms with Crippen LogP contribution in [0.4, 0.5) is 0 Å². The second kappa shape index (κ2) is 17.8. The molecule has 0 radical (unpaired) electrons. The molecule has 0 aromatic heterocycles. The Morgan fingerprint density at radius 1 is 0.795 bits per heavy atom. The van der Waals surface area contributed by atoms with Crippen molar-refractivity contribution in [1.82, 2.24) is 9.80 Å². The number of carbonyl (C=O) groups is 4. The molecule has 0 amide bonds. The number of hydrogen-bond donors (Lipinski definition) is 4. The Bertz CT molecular complexity index is 1100. The third kappa shape index (κ3) is 14.8. The molecule has 0 spiro atoms. The number of aliphatic carboxylic acids is 4. The smallest absolute Gasteiger partial charge is 0.328 e.